The first-order valence-electron chi connectivity index (χ1n) is 7.27. The van der Waals surface area contributed by atoms with Crippen molar-refractivity contribution in [1.82, 2.24) is 14.5 Å². The maximum atomic E-state index is 14.1. The predicted octanol–water partition coefficient (Wildman–Crippen LogP) is 2.24. The smallest absolute Gasteiger partial charge is 0.272 e. The van der Waals surface area contributed by atoms with Crippen LogP contribution in [0.3, 0.4) is 0 Å². The number of likely N-dealkylation sites (tertiary alicyclic amines) is 1. The van der Waals surface area contributed by atoms with Crippen molar-refractivity contribution in [2.45, 2.75) is 25.4 Å². The van der Waals surface area contributed by atoms with E-state index in [0.29, 0.717) is 13.1 Å². The topological polar surface area (TPSA) is 81.3 Å². The number of rotatable bonds is 4. The van der Waals surface area contributed by atoms with Crippen LogP contribution >= 0.6 is 0 Å². The van der Waals surface area contributed by atoms with Gasteiger partial charge in [-0.15, -0.1) is 0 Å². The van der Waals surface area contributed by atoms with Gasteiger partial charge in [-0.25, -0.2) is 9.37 Å². The lowest BCUT2D eigenvalue weighted by molar-refractivity contribution is -0.385. The fraction of sp³-hybridized carbons (Fsp3) is 0.333. The molecule has 1 aromatic carbocycles. The second-order valence-corrected chi connectivity index (χ2v) is 5.48. The number of nitro benzene ring substituents is 1. The average molecular weight is 318 g/mol. The number of benzene rings is 1. The molecule has 1 atom stereocenters. The second kappa shape index (κ2) is 6.15. The van der Waals surface area contributed by atoms with Crippen molar-refractivity contribution in [2.24, 2.45) is 0 Å². The molecule has 2 heterocycles. The van der Waals surface area contributed by atoms with Gasteiger partial charge in [0.15, 0.2) is 0 Å². The summed E-state index contributed by atoms with van der Waals surface area (Å²) in [6.07, 6.45) is 6.83. The molecule has 3 rings (SSSR count). The van der Waals surface area contributed by atoms with E-state index in [0.717, 1.165) is 25.0 Å². The predicted molar refractivity (Wildman–Crippen MR) is 79.3 cm³/mol. The number of nitrogens with zero attached hydrogens (tertiary/aromatic N) is 4. The number of aromatic nitrogens is 2. The van der Waals surface area contributed by atoms with E-state index < -0.39 is 16.6 Å². The fourth-order valence-electron chi connectivity index (χ4n) is 2.88. The molecule has 0 unspecified atom stereocenters. The Morgan fingerprint density at radius 1 is 1.48 bits per heavy atom. The summed E-state index contributed by atoms with van der Waals surface area (Å²) < 4.78 is 15.9. The lowest BCUT2D eigenvalue weighted by Gasteiger charge is -2.25. The summed E-state index contributed by atoms with van der Waals surface area (Å²) in [7, 11) is 0. The van der Waals surface area contributed by atoms with Gasteiger partial charge in [-0.1, -0.05) is 0 Å². The van der Waals surface area contributed by atoms with Crippen molar-refractivity contribution in [3.8, 4) is 0 Å². The Bertz CT molecular complexity index is 732. The highest BCUT2D eigenvalue weighted by Crippen LogP contribution is 2.24. The van der Waals surface area contributed by atoms with E-state index in [1.165, 1.54) is 6.07 Å². The largest absolute Gasteiger partial charge is 0.335 e. The minimum absolute atomic E-state index is 0.0358. The van der Waals surface area contributed by atoms with Gasteiger partial charge >= 0.3 is 0 Å². The average Bonchev–Trinajstić information content (AvgIpc) is 3.18. The molecule has 2 aromatic rings. The van der Waals surface area contributed by atoms with Gasteiger partial charge < -0.3 is 9.47 Å². The summed E-state index contributed by atoms with van der Waals surface area (Å²) in [5, 5.41) is 10.7. The van der Waals surface area contributed by atoms with Crippen LogP contribution < -0.4 is 0 Å². The van der Waals surface area contributed by atoms with Gasteiger partial charge in [0.05, 0.1) is 22.9 Å². The normalized spacial score (nSPS) is 17.4. The van der Waals surface area contributed by atoms with Crippen molar-refractivity contribution in [3.63, 3.8) is 0 Å². The molecular weight excluding hydrogens is 303 g/mol. The number of non-ortho nitro benzene ring substituents is 1. The van der Waals surface area contributed by atoms with Crippen LogP contribution in [-0.4, -0.2) is 37.9 Å². The Labute approximate surface area is 131 Å². The van der Waals surface area contributed by atoms with Crippen molar-refractivity contribution in [2.75, 3.05) is 6.54 Å². The number of carbonyl (C=O) groups excluding carboxylic acids is 1. The zero-order valence-electron chi connectivity index (χ0n) is 12.3. The van der Waals surface area contributed by atoms with Crippen molar-refractivity contribution in [1.29, 1.82) is 0 Å². The minimum atomic E-state index is -0.863. The lowest BCUT2D eigenvalue weighted by Crippen LogP contribution is -2.38. The van der Waals surface area contributed by atoms with Crippen LogP contribution in [0.5, 0.6) is 0 Å². The number of hydrogen-bond acceptors (Lipinski definition) is 4. The molecule has 1 aromatic heterocycles. The third kappa shape index (κ3) is 3.05. The molecule has 1 amide bonds. The number of nitro groups is 1. The zero-order chi connectivity index (χ0) is 16.4. The van der Waals surface area contributed by atoms with Crippen LogP contribution in [0.4, 0.5) is 10.1 Å². The van der Waals surface area contributed by atoms with E-state index in [9.17, 15) is 19.3 Å². The molecule has 1 saturated heterocycles. The SMILES string of the molecule is O=C(c1ccc([N+](=O)[O-])cc1F)N1CCC[C@H]1Cn1ccnc1. The summed E-state index contributed by atoms with van der Waals surface area (Å²) in [5.41, 5.74) is -0.497. The van der Waals surface area contributed by atoms with Gasteiger partial charge in [0, 0.05) is 37.6 Å². The van der Waals surface area contributed by atoms with Crippen LogP contribution in [0.2, 0.25) is 0 Å². The molecule has 0 radical (unpaired) electrons. The molecule has 0 N–H and O–H groups in total. The van der Waals surface area contributed by atoms with E-state index in [1.807, 2.05) is 10.8 Å². The Balaban J connectivity index is 1.80. The highest BCUT2D eigenvalue weighted by Gasteiger charge is 2.31. The Hall–Kier alpha value is -2.77. The second-order valence-electron chi connectivity index (χ2n) is 5.48. The molecule has 0 saturated carbocycles. The molecule has 1 aliphatic rings. The molecule has 1 aliphatic heterocycles. The maximum absolute atomic E-state index is 14.1. The van der Waals surface area contributed by atoms with Crippen LogP contribution in [0, 0.1) is 15.9 Å². The quantitative estimate of drug-likeness (QED) is 0.639. The molecule has 0 spiro atoms. The molecule has 120 valence electrons. The van der Waals surface area contributed by atoms with Gasteiger partial charge in [-0.2, -0.15) is 0 Å². The van der Waals surface area contributed by atoms with Crippen molar-refractivity contribution < 1.29 is 14.1 Å². The summed E-state index contributed by atoms with van der Waals surface area (Å²) >= 11 is 0. The summed E-state index contributed by atoms with van der Waals surface area (Å²) in [6, 6.07) is 3.08. The van der Waals surface area contributed by atoms with Gasteiger partial charge in [0.2, 0.25) is 0 Å². The zero-order valence-corrected chi connectivity index (χ0v) is 12.3. The number of halogens is 1. The van der Waals surface area contributed by atoms with Crippen molar-refractivity contribution >= 4 is 11.6 Å². The number of carbonyl (C=O) groups is 1. The number of amides is 1. The van der Waals surface area contributed by atoms with Crippen LogP contribution in [0.25, 0.3) is 0 Å². The maximum Gasteiger partial charge on any atom is 0.272 e. The summed E-state index contributed by atoms with van der Waals surface area (Å²) in [5.74, 6) is -1.29. The summed E-state index contributed by atoms with van der Waals surface area (Å²) in [4.78, 5) is 28.1. The molecule has 8 heteroatoms. The number of imidazole rings is 1. The van der Waals surface area contributed by atoms with Gasteiger partial charge in [0.25, 0.3) is 11.6 Å². The van der Waals surface area contributed by atoms with E-state index in [-0.39, 0.29) is 17.3 Å². The van der Waals surface area contributed by atoms with Gasteiger partial charge in [0.1, 0.15) is 5.82 Å². The first-order chi connectivity index (χ1) is 11.1. The van der Waals surface area contributed by atoms with Crippen LogP contribution in [0.1, 0.15) is 23.2 Å². The third-order valence-corrected chi connectivity index (χ3v) is 4.01. The molecule has 7 nitrogen and oxygen atoms in total. The van der Waals surface area contributed by atoms with E-state index in [4.69, 9.17) is 0 Å². The van der Waals surface area contributed by atoms with Gasteiger partial charge in [-0.3, -0.25) is 14.9 Å². The van der Waals surface area contributed by atoms with Crippen molar-refractivity contribution in [3.05, 3.63) is 58.4 Å². The highest BCUT2D eigenvalue weighted by atomic mass is 19.1. The molecule has 23 heavy (non-hydrogen) atoms. The first kappa shape index (κ1) is 15.1. The van der Waals surface area contributed by atoms with E-state index in [1.54, 1.807) is 17.4 Å². The Morgan fingerprint density at radius 3 is 2.96 bits per heavy atom. The summed E-state index contributed by atoms with van der Waals surface area (Å²) in [6.45, 7) is 1.15. The fourth-order valence-corrected chi connectivity index (χ4v) is 2.88. The molecule has 0 bridgehead atoms. The standard InChI is InChI=1S/C15H15FN4O3/c16-14-8-11(20(22)23)3-4-13(14)15(21)19-6-1-2-12(19)9-18-7-5-17-10-18/h3-5,7-8,10,12H,1-2,6,9H2/t12-/m0/s1. The monoisotopic (exact) mass is 318 g/mol. The minimum Gasteiger partial charge on any atom is -0.335 e. The van der Waals surface area contributed by atoms with E-state index >= 15 is 0 Å². The molecular formula is C15H15FN4O3. The Kier molecular flexibility index (Phi) is 4.05. The third-order valence-electron chi connectivity index (χ3n) is 4.01. The van der Waals surface area contributed by atoms with E-state index in [2.05, 4.69) is 4.98 Å². The Morgan fingerprint density at radius 2 is 2.30 bits per heavy atom. The number of hydrogen-bond donors (Lipinski definition) is 0. The highest BCUT2D eigenvalue weighted by molar-refractivity contribution is 5.95. The lowest BCUT2D eigenvalue weighted by atomic mass is 10.1. The first-order valence-corrected chi connectivity index (χ1v) is 7.27. The molecule has 1 fully saturated rings. The van der Waals surface area contributed by atoms with Crippen LogP contribution in [0.15, 0.2) is 36.9 Å². The van der Waals surface area contributed by atoms with Crippen LogP contribution in [-0.2, 0) is 6.54 Å². The molecule has 0 aliphatic carbocycles. The van der Waals surface area contributed by atoms with Gasteiger partial charge in [-0.05, 0) is 18.9 Å².